The zero-order valence-electron chi connectivity index (χ0n) is 17.1. The van der Waals surface area contributed by atoms with E-state index in [1.54, 1.807) is 24.3 Å². The fourth-order valence-corrected chi connectivity index (χ4v) is 3.59. The smallest absolute Gasteiger partial charge is 0.439 e. The van der Waals surface area contributed by atoms with Gasteiger partial charge in [-0.05, 0) is 48.0 Å². The number of benzene rings is 3. The van der Waals surface area contributed by atoms with Crippen LogP contribution in [0.1, 0.15) is 16.1 Å². The lowest BCUT2D eigenvalue weighted by molar-refractivity contribution is 0.102. The number of ether oxygens (including phenoxy) is 1. The van der Waals surface area contributed by atoms with Crippen molar-refractivity contribution in [1.29, 1.82) is 0 Å². The molecule has 2 aromatic heterocycles. The van der Waals surface area contributed by atoms with Gasteiger partial charge in [-0.3, -0.25) is 14.3 Å². The van der Waals surface area contributed by atoms with Crippen molar-refractivity contribution in [1.82, 2.24) is 15.1 Å². The van der Waals surface area contributed by atoms with Crippen molar-refractivity contribution in [3.63, 3.8) is 0 Å². The topological polar surface area (TPSA) is 113 Å². The van der Waals surface area contributed by atoms with E-state index in [4.69, 9.17) is 16.3 Å². The van der Waals surface area contributed by atoms with Crippen LogP contribution in [0.3, 0.4) is 0 Å². The summed E-state index contributed by atoms with van der Waals surface area (Å²) in [4.78, 5) is 29.8. The molecule has 0 aliphatic heterocycles. The molecule has 8 nitrogen and oxygen atoms in total. The van der Waals surface area contributed by atoms with Crippen molar-refractivity contribution in [2.24, 2.45) is 0 Å². The van der Waals surface area contributed by atoms with Crippen LogP contribution in [0.15, 0.2) is 82.1 Å². The number of amides is 1. The first-order chi connectivity index (χ1) is 16.0. The summed E-state index contributed by atoms with van der Waals surface area (Å²) >= 11 is 6.08. The minimum Gasteiger partial charge on any atom is -0.489 e. The average molecular weight is 461 g/mol. The molecule has 164 valence electrons. The monoisotopic (exact) mass is 460 g/mol. The minimum absolute atomic E-state index is 0.162. The van der Waals surface area contributed by atoms with Gasteiger partial charge in [0.2, 0.25) is 0 Å². The van der Waals surface area contributed by atoms with Crippen molar-refractivity contribution in [3.8, 4) is 17.1 Å². The zero-order chi connectivity index (χ0) is 22.8. The molecule has 0 bridgehead atoms. The number of carbonyl (C=O) groups excluding carboxylic acids is 1. The highest BCUT2D eigenvalue weighted by Gasteiger charge is 2.16. The highest BCUT2D eigenvalue weighted by molar-refractivity contribution is 6.31. The van der Waals surface area contributed by atoms with Crippen LogP contribution in [0.25, 0.3) is 22.3 Å². The third-order valence-corrected chi connectivity index (χ3v) is 5.25. The Balaban J connectivity index is 1.36. The summed E-state index contributed by atoms with van der Waals surface area (Å²) in [5, 5.41) is 7.75. The summed E-state index contributed by atoms with van der Waals surface area (Å²) in [5.74, 6) is -0.211. The van der Waals surface area contributed by atoms with E-state index in [0.717, 1.165) is 16.5 Å². The molecule has 0 aliphatic rings. The summed E-state index contributed by atoms with van der Waals surface area (Å²) in [6, 6.07) is 22.0. The third kappa shape index (κ3) is 4.51. The second-order valence-corrected chi connectivity index (χ2v) is 7.73. The quantitative estimate of drug-likeness (QED) is 0.330. The molecule has 9 heteroatoms. The summed E-state index contributed by atoms with van der Waals surface area (Å²) < 4.78 is 10.4. The molecule has 0 saturated carbocycles. The van der Waals surface area contributed by atoms with E-state index in [1.807, 2.05) is 48.5 Å². The number of hydrogen-bond donors (Lipinski definition) is 3. The van der Waals surface area contributed by atoms with E-state index in [2.05, 4.69) is 25.0 Å². The number of anilines is 1. The molecule has 3 aromatic carbocycles. The number of carbonyl (C=O) groups is 1. The van der Waals surface area contributed by atoms with E-state index in [-0.39, 0.29) is 11.7 Å². The van der Waals surface area contributed by atoms with Gasteiger partial charge in [-0.2, -0.15) is 0 Å². The van der Waals surface area contributed by atoms with Gasteiger partial charge in [0.05, 0.1) is 5.69 Å². The van der Waals surface area contributed by atoms with Crippen LogP contribution in [0, 0.1) is 0 Å². The number of halogens is 1. The number of aromatic amines is 2. The van der Waals surface area contributed by atoms with Crippen molar-refractivity contribution in [2.75, 3.05) is 5.32 Å². The standard InChI is InChI=1S/C24H17ClN4O4/c25-16-6-8-20(18(12-16)22-28-24(31)33-29-22)27-23(30)21-11-15-10-17(7-9-19(15)26-21)32-13-14-4-2-1-3-5-14/h1-12,26H,13H2,(H,27,30)(H,28,29,31). The first-order valence-electron chi connectivity index (χ1n) is 10.0. The lowest BCUT2D eigenvalue weighted by atomic mass is 10.1. The highest BCUT2D eigenvalue weighted by Crippen LogP contribution is 2.29. The van der Waals surface area contributed by atoms with Gasteiger partial charge in [-0.1, -0.05) is 47.1 Å². The molecule has 0 saturated heterocycles. The number of rotatable bonds is 6. The SMILES string of the molecule is O=C(Nc1ccc(Cl)cc1-c1noc(=O)[nH]1)c1cc2cc(OCc3ccccc3)ccc2[nH]1. The van der Waals surface area contributed by atoms with Crippen LogP contribution in [-0.4, -0.2) is 21.0 Å². The predicted molar refractivity (Wildman–Crippen MR) is 125 cm³/mol. The van der Waals surface area contributed by atoms with E-state index >= 15 is 0 Å². The van der Waals surface area contributed by atoms with E-state index < -0.39 is 5.76 Å². The van der Waals surface area contributed by atoms with Gasteiger partial charge >= 0.3 is 5.76 Å². The molecule has 1 amide bonds. The van der Waals surface area contributed by atoms with Crippen LogP contribution in [-0.2, 0) is 6.61 Å². The highest BCUT2D eigenvalue weighted by atomic mass is 35.5. The van der Waals surface area contributed by atoms with E-state index in [1.165, 1.54) is 0 Å². The molecule has 0 aliphatic carbocycles. The Hall–Kier alpha value is -4.30. The largest absolute Gasteiger partial charge is 0.489 e. The fraction of sp³-hybridized carbons (Fsp3) is 0.0417. The van der Waals surface area contributed by atoms with E-state index in [0.29, 0.717) is 34.3 Å². The molecule has 3 N–H and O–H groups in total. The summed E-state index contributed by atoms with van der Waals surface area (Å²) in [5.41, 5.74) is 3.07. The van der Waals surface area contributed by atoms with Crippen molar-refractivity contribution >= 4 is 34.1 Å². The molecule has 5 aromatic rings. The Morgan fingerprint density at radius 3 is 2.67 bits per heavy atom. The van der Waals surface area contributed by atoms with Crippen molar-refractivity contribution in [3.05, 3.63) is 99.6 Å². The second kappa shape index (κ2) is 8.68. The Labute approximate surface area is 192 Å². The summed E-state index contributed by atoms with van der Waals surface area (Å²) in [6.07, 6.45) is 0. The van der Waals surface area contributed by atoms with Crippen LogP contribution in [0.2, 0.25) is 5.02 Å². The summed E-state index contributed by atoms with van der Waals surface area (Å²) in [7, 11) is 0. The predicted octanol–water partition coefficient (Wildman–Crippen LogP) is 5.00. The van der Waals surface area contributed by atoms with Crippen LogP contribution in [0.5, 0.6) is 5.75 Å². The fourth-order valence-electron chi connectivity index (χ4n) is 3.42. The number of fused-ring (bicyclic) bond motifs is 1. The molecule has 0 radical (unpaired) electrons. The van der Waals surface area contributed by atoms with E-state index in [9.17, 15) is 9.59 Å². The van der Waals surface area contributed by atoms with Gasteiger partial charge in [-0.25, -0.2) is 4.79 Å². The average Bonchev–Trinajstić information content (AvgIpc) is 3.45. The maximum absolute atomic E-state index is 12.9. The molecular formula is C24H17ClN4O4. The zero-order valence-corrected chi connectivity index (χ0v) is 17.8. The Bertz CT molecular complexity index is 1500. The Morgan fingerprint density at radius 1 is 1.03 bits per heavy atom. The maximum Gasteiger partial charge on any atom is 0.439 e. The third-order valence-electron chi connectivity index (χ3n) is 5.01. The van der Waals surface area contributed by atoms with Gasteiger partial charge in [-0.15, -0.1) is 0 Å². The van der Waals surface area contributed by atoms with Gasteiger partial charge in [0.25, 0.3) is 5.91 Å². The Morgan fingerprint density at radius 2 is 1.88 bits per heavy atom. The molecule has 33 heavy (non-hydrogen) atoms. The van der Waals surface area contributed by atoms with Crippen molar-refractivity contribution < 1.29 is 14.1 Å². The number of aromatic nitrogens is 3. The molecule has 0 spiro atoms. The summed E-state index contributed by atoms with van der Waals surface area (Å²) in [6.45, 7) is 0.452. The molecule has 5 rings (SSSR count). The molecule has 2 heterocycles. The minimum atomic E-state index is -0.705. The van der Waals surface area contributed by atoms with Crippen LogP contribution < -0.4 is 15.8 Å². The Kier molecular flexibility index (Phi) is 5.42. The maximum atomic E-state index is 12.9. The van der Waals surface area contributed by atoms with Crippen LogP contribution >= 0.6 is 11.6 Å². The number of nitrogens with zero attached hydrogens (tertiary/aromatic N) is 1. The normalized spacial score (nSPS) is 10.9. The van der Waals surface area contributed by atoms with Crippen molar-refractivity contribution in [2.45, 2.75) is 6.61 Å². The van der Waals surface area contributed by atoms with Gasteiger partial charge in [0, 0.05) is 21.5 Å². The molecule has 0 unspecified atom stereocenters. The number of H-pyrrole nitrogens is 2. The first kappa shape index (κ1) is 20.6. The van der Waals surface area contributed by atoms with Crippen LogP contribution in [0.4, 0.5) is 5.69 Å². The first-order valence-corrected chi connectivity index (χ1v) is 10.4. The van der Waals surface area contributed by atoms with Gasteiger partial charge in [0.15, 0.2) is 5.82 Å². The number of hydrogen-bond acceptors (Lipinski definition) is 5. The number of nitrogens with one attached hydrogen (secondary N) is 3. The molecule has 0 atom stereocenters. The molecular weight excluding hydrogens is 444 g/mol. The van der Waals surface area contributed by atoms with Gasteiger partial charge in [0.1, 0.15) is 18.1 Å². The molecule has 0 fully saturated rings. The lowest BCUT2D eigenvalue weighted by Gasteiger charge is -2.08. The van der Waals surface area contributed by atoms with Gasteiger partial charge < -0.3 is 15.0 Å². The second-order valence-electron chi connectivity index (χ2n) is 7.29. The lowest BCUT2D eigenvalue weighted by Crippen LogP contribution is -2.13.